The molecule has 2 aromatic heterocycles. The summed E-state index contributed by atoms with van der Waals surface area (Å²) in [5.41, 5.74) is 1.80. The van der Waals surface area contributed by atoms with Crippen LogP contribution in [0.1, 0.15) is 48.8 Å². The maximum Gasteiger partial charge on any atom is 0.271 e. The number of aliphatic hydroxyl groups excluding tert-OH is 1. The zero-order valence-electron chi connectivity index (χ0n) is 17.1. The lowest BCUT2D eigenvalue weighted by molar-refractivity contribution is 0.0889. The predicted octanol–water partition coefficient (Wildman–Crippen LogP) is 2.96. The molecule has 1 saturated heterocycles. The standard InChI is InChI=1S/C22H26FN5O2/c1-14(2)17(13-29)25-22(30)19-12-24-20-8-9-21(26-28(19)20)27-10-4-7-18(27)15-5-3-6-16(23)11-15/h3,5-6,8-9,11-12,14,17-18,29H,4,7,10,13H2,1-2H3,(H,25,30)/t17-,18+/m0/s1. The maximum atomic E-state index is 13.7. The quantitative estimate of drug-likeness (QED) is 0.652. The second-order valence-electron chi connectivity index (χ2n) is 8.02. The summed E-state index contributed by atoms with van der Waals surface area (Å²) >= 11 is 0. The normalized spacial score (nSPS) is 17.6. The fourth-order valence-corrected chi connectivity index (χ4v) is 3.94. The SMILES string of the molecule is CC(C)[C@H](CO)NC(=O)c1cnc2ccc(N3CCC[C@@H]3c3cccc(F)c3)nn12. The number of rotatable bonds is 6. The molecule has 2 N–H and O–H groups in total. The van der Waals surface area contributed by atoms with Crippen LogP contribution in [0.3, 0.4) is 0 Å². The molecule has 0 radical (unpaired) electrons. The monoisotopic (exact) mass is 411 g/mol. The van der Waals surface area contributed by atoms with Crippen molar-refractivity contribution in [2.24, 2.45) is 5.92 Å². The van der Waals surface area contributed by atoms with Crippen molar-refractivity contribution < 1.29 is 14.3 Å². The molecule has 30 heavy (non-hydrogen) atoms. The number of nitrogens with one attached hydrogen (secondary N) is 1. The van der Waals surface area contributed by atoms with E-state index in [1.165, 1.54) is 16.8 Å². The molecule has 2 atom stereocenters. The molecule has 0 bridgehead atoms. The Hall–Kier alpha value is -3.00. The first-order valence-electron chi connectivity index (χ1n) is 10.3. The van der Waals surface area contributed by atoms with E-state index in [1.807, 2.05) is 32.0 Å². The van der Waals surface area contributed by atoms with Crippen molar-refractivity contribution in [3.05, 3.63) is 59.7 Å². The van der Waals surface area contributed by atoms with Crippen LogP contribution >= 0.6 is 0 Å². The lowest BCUT2D eigenvalue weighted by atomic mass is 10.0. The van der Waals surface area contributed by atoms with Crippen LogP contribution in [-0.2, 0) is 0 Å². The van der Waals surface area contributed by atoms with Crippen molar-refractivity contribution in [2.75, 3.05) is 18.1 Å². The van der Waals surface area contributed by atoms with Crippen molar-refractivity contribution in [1.82, 2.24) is 19.9 Å². The number of nitrogens with zero attached hydrogens (tertiary/aromatic N) is 4. The Balaban J connectivity index is 1.64. The van der Waals surface area contributed by atoms with Gasteiger partial charge in [-0.3, -0.25) is 4.79 Å². The van der Waals surface area contributed by atoms with Crippen molar-refractivity contribution in [2.45, 2.75) is 38.8 Å². The number of aliphatic hydroxyl groups is 1. The second kappa shape index (κ2) is 8.39. The first kappa shape index (κ1) is 20.3. The topological polar surface area (TPSA) is 82.8 Å². The third kappa shape index (κ3) is 3.87. The average Bonchev–Trinajstić information content (AvgIpc) is 3.38. The molecule has 158 valence electrons. The Bertz CT molecular complexity index is 1050. The summed E-state index contributed by atoms with van der Waals surface area (Å²) in [5, 5.41) is 17.0. The van der Waals surface area contributed by atoms with Crippen molar-refractivity contribution in [1.29, 1.82) is 0 Å². The average molecular weight is 411 g/mol. The van der Waals surface area contributed by atoms with Crippen LogP contribution in [0.2, 0.25) is 0 Å². The third-order valence-electron chi connectivity index (χ3n) is 5.68. The highest BCUT2D eigenvalue weighted by atomic mass is 19.1. The summed E-state index contributed by atoms with van der Waals surface area (Å²) in [6.45, 7) is 4.54. The molecule has 1 aliphatic heterocycles. The fraction of sp³-hybridized carbons (Fsp3) is 0.409. The lowest BCUT2D eigenvalue weighted by Gasteiger charge is -2.26. The summed E-state index contributed by atoms with van der Waals surface area (Å²) in [6.07, 6.45) is 3.38. The highest BCUT2D eigenvalue weighted by molar-refractivity contribution is 5.93. The van der Waals surface area contributed by atoms with E-state index in [0.29, 0.717) is 17.2 Å². The van der Waals surface area contributed by atoms with Crippen LogP contribution in [0, 0.1) is 11.7 Å². The van der Waals surface area contributed by atoms with Gasteiger partial charge in [-0.1, -0.05) is 26.0 Å². The van der Waals surface area contributed by atoms with Gasteiger partial charge < -0.3 is 15.3 Å². The van der Waals surface area contributed by atoms with E-state index in [4.69, 9.17) is 0 Å². The number of benzene rings is 1. The maximum absolute atomic E-state index is 13.7. The Labute approximate surface area is 174 Å². The number of carbonyl (C=O) groups excluding carboxylic acids is 1. The molecular weight excluding hydrogens is 385 g/mol. The smallest absolute Gasteiger partial charge is 0.271 e. The summed E-state index contributed by atoms with van der Waals surface area (Å²) in [6, 6.07) is 10.1. The van der Waals surface area contributed by atoms with Gasteiger partial charge in [0, 0.05) is 6.54 Å². The fourth-order valence-electron chi connectivity index (χ4n) is 3.94. The lowest BCUT2D eigenvalue weighted by Crippen LogP contribution is -2.41. The van der Waals surface area contributed by atoms with Crippen LogP contribution in [0.25, 0.3) is 5.65 Å². The minimum absolute atomic E-state index is 0.0335. The number of hydrogen-bond acceptors (Lipinski definition) is 5. The Morgan fingerprint density at radius 1 is 1.33 bits per heavy atom. The van der Waals surface area contributed by atoms with Gasteiger partial charge in [0.25, 0.3) is 5.91 Å². The number of anilines is 1. The van der Waals surface area contributed by atoms with E-state index in [9.17, 15) is 14.3 Å². The van der Waals surface area contributed by atoms with Gasteiger partial charge in [0.1, 0.15) is 11.6 Å². The number of imidazole rings is 1. The molecule has 0 saturated carbocycles. The van der Waals surface area contributed by atoms with Crippen LogP contribution in [-0.4, -0.2) is 44.8 Å². The minimum Gasteiger partial charge on any atom is -0.394 e. The number of fused-ring (bicyclic) bond motifs is 1. The van der Waals surface area contributed by atoms with Gasteiger partial charge in [0.2, 0.25) is 0 Å². The molecule has 1 aliphatic rings. The van der Waals surface area contributed by atoms with Gasteiger partial charge in [-0.15, -0.1) is 5.10 Å². The summed E-state index contributed by atoms with van der Waals surface area (Å²) in [7, 11) is 0. The number of halogens is 1. The molecule has 4 rings (SSSR count). The summed E-state index contributed by atoms with van der Waals surface area (Å²) in [5.74, 6) is 0.227. The Morgan fingerprint density at radius 2 is 2.17 bits per heavy atom. The molecule has 3 heterocycles. The molecule has 1 amide bonds. The van der Waals surface area contributed by atoms with Crippen molar-refractivity contribution >= 4 is 17.4 Å². The second-order valence-corrected chi connectivity index (χ2v) is 8.02. The highest BCUT2D eigenvalue weighted by Gasteiger charge is 2.28. The number of aromatic nitrogens is 3. The molecule has 3 aromatic rings. The van der Waals surface area contributed by atoms with Crippen LogP contribution in [0.15, 0.2) is 42.6 Å². The predicted molar refractivity (Wildman–Crippen MR) is 112 cm³/mol. The minimum atomic E-state index is -0.345. The zero-order valence-corrected chi connectivity index (χ0v) is 17.1. The first-order chi connectivity index (χ1) is 14.5. The molecule has 1 aromatic carbocycles. The molecular formula is C22H26FN5O2. The van der Waals surface area contributed by atoms with Gasteiger partial charge in [-0.25, -0.2) is 13.9 Å². The van der Waals surface area contributed by atoms with Gasteiger partial charge in [-0.2, -0.15) is 0 Å². The summed E-state index contributed by atoms with van der Waals surface area (Å²) < 4.78 is 15.3. The van der Waals surface area contributed by atoms with Crippen molar-refractivity contribution in [3.63, 3.8) is 0 Å². The number of carbonyl (C=O) groups is 1. The third-order valence-corrected chi connectivity index (χ3v) is 5.68. The molecule has 1 fully saturated rings. The first-order valence-corrected chi connectivity index (χ1v) is 10.3. The Kier molecular flexibility index (Phi) is 5.67. The molecule has 8 heteroatoms. The highest BCUT2D eigenvalue weighted by Crippen LogP contribution is 2.35. The molecule has 0 unspecified atom stereocenters. The zero-order chi connectivity index (χ0) is 21.3. The van der Waals surface area contributed by atoms with E-state index in [2.05, 4.69) is 20.3 Å². The van der Waals surface area contributed by atoms with Gasteiger partial charge >= 0.3 is 0 Å². The van der Waals surface area contributed by atoms with E-state index < -0.39 is 0 Å². The van der Waals surface area contributed by atoms with Gasteiger partial charge in [0.15, 0.2) is 11.3 Å². The van der Waals surface area contributed by atoms with Crippen LogP contribution < -0.4 is 10.2 Å². The van der Waals surface area contributed by atoms with Crippen LogP contribution in [0.4, 0.5) is 10.2 Å². The Morgan fingerprint density at radius 3 is 2.90 bits per heavy atom. The van der Waals surface area contributed by atoms with Crippen LogP contribution in [0.5, 0.6) is 0 Å². The van der Waals surface area contributed by atoms with Crippen molar-refractivity contribution in [3.8, 4) is 0 Å². The molecule has 0 spiro atoms. The van der Waals surface area contributed by atoms with E-state index in [-0.39, 0.29) is 36.3 Å². The molecule has 7 nitrogen and oxygen atoms in total. The van der Waals surface area contributed by atoms with E-state index >= 15 is 0 Å². The number of hydrogen-bond donors (Lipinski definition) is 2. The van der Waals surface area contributed by atoms with E-state index in [1.54, 1.807) is 12.1 Å². The largest absolute Gasteiger partial charge is 0.394 e. The van der Waals surface area contributed by atoms with Gasteiger partial charge in [-0.05, 0) is 48.6 Å². The van der Waals surface area contributed by atoms with Gasteiger partial charge in [0.05, 0.1) is 24.9 Å². The van der Waals surface area contributed by atoms with E-state index in [0.717, 1.165) is 24.9 Å². The summed E-state index contributed by atoms with van der Waals surface area (Å²) in [4.78, 5) is 19.2. The molecule has 0 aliphatic carbocycles. The number of amides is 1.